The van der Waals surface area contributed by atoms with Crippen LogP contribution in [0.1, 0.15) is 22.7 Å². The molecule has 0 bridgehead atoms. The van der Waals surface area contributed by atoms with Gasteiger partial charge in [-0.3, -0.25) is 0 Å². The quantitative estimate of drug-likeness (QED) is 0.552. The van der Waals surface area contributed by atoms with E-state index in [4.69, 9.17) is 5.48 Å². The van der Waals surface area contributed by atoms with Gasteiger partial charge in [-0.2, -0.15) is 0 Å². The summed E-state index contributed by atoms with van der Waals surface area (Å²) in [5.41, 5.74) is 0.921. The molecule has 0 aliphatic heterocycles. The molecule has 1 aromatic carbocycles. The number of aliphatic hydroxyl groups is 1. The van der Waals surface area contributed by atoms with E-state index in [0.29, 0.717) is 17.5 Å². The summed E-state index contributed by atoms with van der Waals surface area (Å²) in [7, 11) is 0. The normalized spacial score (nSPS) is 28.8. The van der Waals surface area contributed by atoms with E-state index in [1.165, 1.54) is 0 Å². The average molecular weight is 124 g/mol. The van der Waals surface area contributed by atoms with Gasteiger partial charge in [-0.1, -0.05) is 24.2 Å². The topological polar surface area (TPSA) is 20.2 Å². The van der Waals surface area contributed by atoms with E-state index in [2.05, 4.69) is 0 Å². The average Bonchev–Trinajstić information content (AvgIpc) is 2.08. The fraction of sp³-hybridized carbons (Fsp3) is 0.250. The minimum Gasteiger partial charge on any atom is -0.388 e. The van der Waals surface area contributed by atoms with Crippen LogP contribution in [0, 0.1) is 0 Å². The fourth-order valence-corrected chi connectivity index (χ4v) is 0.958. The summed E-state index contributed by atoms with van der Waals surface area (Å²) in [6.07, 6.45) is -0.372. The smallest absolute Gasteiger partial charge is 0.0833 e. The Bertz CT molecular complexity index is 365. The Balaban J connectivity index is 2.75. The first-order valence-corrected chi connectivity index (χ1v) is 2.81. The maximum absolute atomic E-state index is 9.27. The largest absolute Gasteiger partial charge is 0.388 e. The summed E-state index contributed by atoms with van der Waals surface area (Å²) >= 11 is 0. The Morgan fingerprint density at radius 1 is 1.56 bits per heavy atom. The SMILES string of the molecule is [2H]c1c([2H])c([2H])c2c(c1[2H])CC2O. The van der Waals surface area contributed by atoms with Gasteiger partial charge in [-0.05, 0) is 11.1 Å². The van der Waals surface area contributed by atoms with Gasteiger partial charge in [0.2, 0.25) is 0 Å². The van der Waals surface area contributed by atoms with Crippen molar-refractivity contribution < 1.29 is 10.6 Å². The van der Waals surface area contributed by atoms with Crippen molar-refractivity contribution >= 4 is 0 Å². The molecule has 0 amide bonds. The molecule has 0 fully saturated rings. The van der Waals surface area contributed by atoms with E-state index >= 15 is 0 Å². The van der Waals surface area contributed by atoms with Crippen molar-refractivity contribution in [1.82, 2.24) is 0 Å². The van der Waals surface area contributed by atoms with E-state index in [-0.39, 0.29) is 24.2 Å². The Kier molecular flexibility index (Phi) is 0.426. The molecule has 0 radical (unpaired) electrons. The molecule has 1 aromatic rings. The molecule has 1 atom stereocenters. The van der Waals surface area contributed by atoms with E-state index in [1.807, 2.05) is 0 Å². The minimum atomic E-state index is -0.712. The molecular formula is C8H8O. The first-order chi connectivity index (χ1) is 6.04. The monoisotopic (exact) mass is 124 g/mol. The molecule has 1 N–H and O–H groups in total. The maximum Gasteiger partial charge on any atom is 0.0833 e. The summed E-state index contributed by atoms with van der Waals surface area (Å²) in [5, 5.41) is 9.27. The third-order valence-corrected chi connectivity index (χ3v) is 1.53. The van der Waals surface area contributed by atoms with Crippen LogP contribution in [-0.4, -0.2) is 5.11 Å². The standard InChI is InChI=1S/C8H8O/c9-8-5-6-3-1-2-4-7(6)8/h1-4,8-9H,5H2/i1D,2D,3D,4D. The molecule has 1 heteroatoms. The van der Waals surface area contributed by atoms with Gasteiger partial charge in [0.15, 0.2) is 0 Å². The molecule has 0 heterocycles. The highest BCUT2D eigenvalue weighted by Crippen LogP contribution is 2.31. The van der Waals surface area contributed by atoms with E-state index < -0.39 is 6.10 Å². The second-order valence-corrected chi connectivity index (χ2v) is 2.11. The lowest BCUT2D eigenvalue weighted by Crippen LogP contribution is -2.15. The predicted octanol–water partition coefficient (Wildman–Crippen LogP) is 1.28. The van der Waals surface area contributed by atoms with Crippen molar-refractivity contribution in [2.45, 2.75) is 12.5 Å². The summed E-state index contributed by atoms with van der Waals surface area (Å²) in [6.45, 7) is 0. The Labute approximate surface area is 59.6 Å². The van der Waals surface area contributed by atoms with Gasteiger partial charge in [-0.25, -0.2) is 0 Å². The van der Waals surface area contributed by atoms with E-state index in [9.17, 15) is 5.11 Å². The second-order valence-electron chi connectivity index (χ2n) is 2.11. The van der Waals surface area contributed by atoms with Crippen LogP contribution in [-0.2, 0) is 6.42 Å². The van der Waals surface area contributed by atoms with Crippen LogP contribution < -0.4 is 0 Å². The van der Waals surface area contributed by atoms with Crippen LogP contribution in [0.25, 0.3) is 0 Å². The molecule has 1 aliphatic carbocycles. The summed E-state index contributed by atoms with van der Waals surface area (Å²) < 4.78 is 29.6. The zero-order valence-corrected chi connectivity index (χ0v) is 4.73. The van der Waals surface area contributed by atoms with Crippen LogP contribution in [0.4, 0.5) is 0 Å². The molecular weight excluding hydrogens is 112 g/mol. The predicted molar refractivity (Wildman–Crippen MR) is 35.1 cm³/mol. The van der Waals surface area contributed by atoms with Gasteiger partial charge in [0, 0.05) is 6.42 Å². The van der Waals surface area contributed by atoms with Gasteiger partial charge in [0.25, 0.3) is 0 Å². The molecule has 0 saturated heterocycles. The Morgan fingerprint density at radius 3 is 3.11 bits per heavy atom. The molecule has 0 saturated carbocycles. The molecule has 9 heavy (non-hydrogen) atoms. The van der Waals surface area contributed by atoms with Gasteiger partial charge in [-0.15, -0.1) is 0 Å². The Hall–Kier alpha value is -0.820. The van der Waals surface area contributed by atoms with Crippen LogP contribution in [0.2, 0.25) is 0 Å². The highest BCUT2D eigenvalue weighted by atomic mass is 16.3. The molecule has 1 unspecified atom stereocenters. The van der Waals surface area contributed by atoms with Crippen molar-refractivity contribution in [3.63, 3.8) is 0 Å². The van der Waals surface area contributed by atoms with Crippen LogP contribution in [0.3, 0.4) is 0 Å². The minimum absolute atomic E-state index is 0.0127. The first kappa shape index (κ1) is 2.43. The molecule has 2 rings (SSSR count). The number of aliphatic hydroxyl groups excluding tert-OH is 1. The van der Waals surface area contributed by atoms with Gasteiger partial charge < -0.3 is 5.11 Å². The third-order valence-electron chi connectivity index (χ3n) is 1.53. The number of rotatable bonds is 0. The fourth-order valence-electron chi connectivity index (χ4n) is 0.958. The highest BCUT2D eigenvalue weighted by Gasteiger charge is 2.21. The van der Waals surface area contributed by atoms with Gasteiger partial charge in [0.1, 0.15) is 0 Å². The molecule has 46 valence electrons. The van der Waals surface area contributed by atoms with Crippen LogP contribution >= 0.6 is 0 Å². The zero-order chi connectivity index (χ0) is 9.75. The molecule has 1 aliphatic rings. The molecule has 0 aromatic heterocycles. The third kappa shape index (κ3) is 0.583. The lowest BCUT2D eigenvalue weighted by Gasteiger charge is -2.24. The number of fused-ring (bicyclic) bond motifs is 1. The van der Waals surface area contributed by atoms with Crippen LogP contribution in [0.15, 0.2) is 24.2 Å². The first-order valence-electron chi connectivity index (χ1n) is 4.81. The Morgan fingerprint density at radius 2 is 2.33 bits per heavy atom. The van der Waals surface area contributed by atoms with Crippen molar-refractivity contribution in [2.75, 3.05) is 0 Å². The van der Waals surface area contributed by atoms with Gasteiger partial charge >= 0.3 is 0 Å². The van der Waals surface area contributed by atoms with Gasteiger partial charge in [0.05, 0.1) is 11.6 Å². The molecule has 0 spiro atoms. The number of benzene rings is 1. The summed E-state index contributed by atoms with van der Waals surface area (Å²) in [4.78, 5) is 0. The number of hydrogen-bond donors (Lipinski definition) is 1. The summed E-state index contributed by atoms with van der Waals surface area (Å²) in [6, 6.07) is -0.589. The van der Waals surface area contributed by atoms with E-state index in [1.54, 1.807) is 0 Å². The summed E-state index contributed by atoms with van der Waals surface area (Å²) in [5.74, 6) is 0. The lowest BCUT2D eigenvalue weighted by atomic mass is 9.86. The highest BCUT2D eigenvalue weighted by molar-refractivity contribution is 5.37. The maximum atomic E-state index is 9.27. The van der Waals surface area contributed by atoms with Crippen molar-refractivity contribution in [3.05, 3.63) is 35.3 Å². The molecule has 1 nitrogen and oxygen atoms in total. The van der Waals surface area contributed by atoms with E-state index in [0.717, 1.165) is 0 Å². The van der Waals surface area contributed by atoms with Crippen molar-refractivity contribution in [3.8, 4) is 0 Å². The second kappa shape index (κ2) is 1.58. The van der Waals surface area contributed by atoms with Crippen molar-refractivity contribution in [1.29, 1.82) is 0 Å². The zero-order valence-electron chi connectivity index (χ0n) is 8.73. The van der Waals surface area contributed by atoms with Crippen LogP contribution in [0.5, 0.6) is 0 Å². The lowest BCUT2D eigenvalue weighted by molar-refractivity contribution is 0.154. The van der Waals surface area contributed by atoms with Crippen molar-refractivity contribution in [2.24, 2.45) is 0 Å². The number of hydrogen-bond acceptors (Lipinski definition) is 1.